The van der Waals surface area contributed by atoms with Gasteiger partial charge in [0.15, 0.2) is 0 Å². The second kappa shape index (κ2) is 5.65. The van der Waals surface area contributed by atoms with Crippen molar-refractivity contribution >= 4 is 16.6 Å². The molecule has 0 bridgehead atoms. The summed E-state index contributed by atoms with van der Waals surface area (Å²) in [5.74, 6) is 2.86. The van der Waals surface area contributed by atoms with Gasteiger partial charge in [-0.25, -0.2) is 0 Å². The van der Waals surface area contributed by atoms with Gasteiger partial charge in [-0.2, -0.15) is 0 Å². The Bertz CT molecular complexity index is 1050. The van der Waals surface area contributed by atoms with Crippen LogP contribution < -0.4 is 5.32 Å². The predicted molar refractivity (Wildman–Crippen MR) is 109 cm³/mol. The highest BCUT2D eigenvalue weighted by atomic mass is 16.3. The standard InChI is InChI=1S/C23H24N2O/c1-6-15-17(18-9-7-8-16-13(2)12-24-21(16)18)10-11-19-20(15)14(3)22(26)23(4,5)25-19/h1,7-12,14,22,24-26H,2-5H3. The molecular weight excluding hydrogens is 320 g/mol. The number of anilines is 1. The quantitative estimate of drug-likeness (QED) is 0.556. The summed E-state index contributed by atoms with van der Waals surface area (Å²) < 4.78 is 0. The fourth-order valence-corrected chi connectivity index (χ4v) is 4.30. The van der Waals surface area contributed by atoms with Gasteiger partial charge in [0.2, 0.25) is 0 Å². The monoisotopic (exact) mass is 344 g/mol. The smallest absolute Gasteiger partial charge is 0.0831 e. The molecule has 0 amide bonds. The normalized spacial score (nSPS) is 21.1. The van der Waals surface area contributed by atoms with Crippen LogP contribution in [0.15, 0.2) is 36.5 Å². The van der Waals surface area contributed by atoms with Crippen LogP contribution in [-0.2, 0) is 0 Å². The molecule has 132 valence electrons. The van der Waals surface area contributed by atoms with E-state index in [-0.39, 0.29) is 5.92 Å². The topological polar surface area (TPSA) is 48.0 Å². The molecule has 3 aromatic rings. The summed E-state index contributed by atoms with van der Waals surface area (Å²) in [5.41, 5.74) is 6.94. The summed E-state index contributed by atoms with van der Waals surface area (Å²) in [6.07, 6.45) is 7.48. The molecule has 3 N–H and O–H groups in total. The maximum absolute atomic E-state index is 10.8. The Labute approximate surface area is 154 Å². The molecule has 0 aliphatic carbocycles. The van der Waals surface area contributed by atoms with Crippen LogP contribution in [0.2, 0.25) is 0 Å². The largest absolute Gasteiger partial charge is 0.390 e. The Hall–Kier alpha value is -2.70. The molecule has 2 heterocycles. The van der Waals surface area contributed by atoms with Gasteiger partial charge in [-0.05, 0) is 43.5 Å². The van der Waals surface area contributed by atoms with E-state index in [4.69, 9.17) is 6.42 Å². The minimum Gasteiger partial charge on any atom is -0.390 e. The van der Waals surface area contributed by atoms with Crippen LogP contribution in [-0.4, -0.2) is 21.7 Å². The van der Waals surface area contributed by atoms with E-state index in [2.05, 4.69) is 60.4 Å². The number of H-pyrrole nitrogens is 1. The maximum Gasteiger partial charge on any atom is 0.0831 e. The average Bonchev–Trinajstić information content (AvgIpc) is 3.00. The Kier molecular flexibility index (Phi) is 3.64. The molecule has 3 nitrogen and oxygen atoms in total. The van der Waals surface area contributed by atoms with Crippen LogP contribution in [0, 0.1) is 19.3 Å². The van der Waals surface area contributed by atoms with Gasteiger partial charge in [0.05, 0.1) is 17.2 Å². The predicted octanol–water partition coefficient (Wildman–Crippen LogP) is 4.79. The van der Waals surface area contributed by atoms with Gasteiger partial charge in [0.1, 0.15) is 0 Å². The molecule has 1 aliphatic heterocycles. The summed E-state index contributed by atoms with van der Waals surface area (Å²) in [6, 6.07) is 10.5. The maximum atomic E-state index is 10.8. The molecule has 2 atom stereocenters. The molecule has 0 saturated heterocycles. The molecule has 2 aromatic carbocycles. The van der Waals surface area contributed by atoms with Crippen molar-refractivity contribution in [3.05, 3.63) is 53.2 Å². The van der Waals surface area contributed by atoms with E-state index in [9.17, 15) is 5.11 Å². The number of aromatic nitrogens is 1. The second-order valence-electron chi connectivity index (χ2n) is 7.87. The molecule has 26 heavy (non-hydrogen) atoms. The van der Waals surface area contributed by atoms with Crippen molar-refractivity contribution < 1.29 is 5.11 Å². The fourth-order valence-electron chi connectivity index (χ4n) is 4.30. The third-order valence-electron chi connectivity index (χ3n) is 5.73. The molecule has 0 radical (unpaired) electrons. The highest BCUT2D eigenvalue weighted by Gasteiger charge is 2.40. The molecule has 1 aromatic heterocycles. The lowest BCUT2D eigenvalue weighted by Crippen LogP contribution is -2.50. The number of aliphatic hydroxyl groups is 1. The first kappa shape index (κ1) is 16.8. The van der Waals surface area contributed by atoms with E-state index in [0.29, 0.717) is 0 Å². The van der Waals surface area contributed by atoms with E-state index in [0.717, 1.165) is 33.5 Å². The highest BCUT2D eigenvalue weighted by Crippen LogP contribution is 2.44. The van der Waals surface area contributed by atoms with Gasteiger partial charge in [-0.3, -0.25) is 0 Å². The third-order valence-corrected chi connectivity index (χ3v) is 5.73. The van der Waals surface area contributed by atoms with E-state index in [1.807, 2.05) is 20.0 Å². The molecule has 4 rings (SSSR count). The van der Waals surface area contributed by atoms with Crippen LogP contribution >= 0.6 is 0 Å². The molecule has 0 saturated carbocycles. The summed E-state index contributed by atoms with van der Waals surface area (Å²) >= 11 is 0. The molecule has 0 fully saturated rings. The Morgan fingerprint density at radius 3 is 2.65 bits per heavy atom. The van der Waals surface area contributed by atoms with Crippen molar-refractivity contribution in [2.75, 3.05) is 5.32 Å². The minimum absolute atomic E-state index is 0.0446. The number of rotatable bonds is 1. The third kappa shape index (κ3) is 2.26. The lowest BCUT2D eigenvalue weighted by molar-refractivity contribution is 0.0868. The first-order valence-corrected chi connectivity index (χ1v) is 9.02. The highest BCUT2D eigenvalue weighted by molar-refractivity contribution is 5.98. The van der Waals surface area contributed by atoms with E-state index < -0.39 is 11.6 Å². The van der Waals surface area contributed by atoms with Crippen LogP contribution in [0.4, 0.5) is 5.69 Å². The Morgan fingerprint density at radius 1 is 1.15 bits per heavy atom. The summed E-state index contributed by atoms with van der Waals surface area (Å²) in [6.45, 7) is 8.18. The van der Waals surface area contributed by atoms with Crippen LogP contribution in [0.1, 0.15) is 43.4 Å². The Morgan fingerprint density at radius 2 is 1.92 bits per heavy atom. The zero-order valence-corrected chi connectivity index (χ0v) is 15.6. The van der Waals surface area contributed by atoms with Crippen molar-refractivity contribution in [2.24, 2.45) is 0 Å². The van der Waals surface area contributed by atoms with Gasteiger partial charge < -0.3 is 15.4 Å². The van der Waals surface area contributed by atoms with Crippen molar-refractivity contribution in [2.45, 2.75) is 45.3 Å². The number of hydrogen-bond acceptors (Lipinski definition) is 2. The summed E-state index contributed by atoms with van der Waals surface area (Å²) in [5, 5.41) is 15.4. The fraction of sp³-hybridized carbons (Fsp3) is 0.304. The first-order valence-electron chi connectivity index (χ1n) is 9.02. The number of aliphatic hydroxyl groups excluding tert-OH is 1. The van der Waals surface area contributed by atoms with Crippen LogP contribution in [0.3, 0.4) is 0 Å². The number of benzene rings is 2. The van der Waals surface area contributed by atoms with Crippen molar-refractivity contribution in [3.63, 3.8) is 0 Å². The number of hydrogen-bond donors (Lipinski definition) is 3. The minimum atomic E-state index is -0.513. The summed E-state index contributed by atoms with van der Waals surface area (Å²) in [4.78, 5) is 3.39. The number of fused-ring (bicyclic) bond motifs is 2. The molecule has 3 heteroatoms. The zero-order chi connectivity index (χ0) is 18.6. The van der Waals surface area contributed by atoms with Crippen molar-refractivity contribution in [1.29, 1.82) is 0 Å². The number of aromatic amines is 1. The Balaban J connectivity index is 1.99. The first-order chi connectivity index (χ1) is 12.3. The molecular formula is C23H24N2O. The zero-order valence-electron chi connectivity index (χ0n) is 15.6. The van der Waals surface area contributed by atoms with E-state index in [1.165, 1.54) is 10.9 Å². The molecule has 2 unspecified atom stereocenters. The lowest BCUT2D eigenvalue weighted by Gasteiger charge is -2.43. The number of terminal acetylenes is 1. The van der Waals surface area contributed by atoms with Crippen molar-refractivity contribution in [3.8, 4) is 23.5 Å². The van der Waals surface area contributed by atoms with Gasteiger partial charge in [-0.15, -0.1) is 6.42 Å². The SMILES string of the molecule is C#Cc1c(-c2cccc3c(C)c[nH]c23)ccc2c1C(C)C(O)C(C)(C)N2. The number of nitrogens with one attached hydrogen (secondary N) is 2. The van der Waals surface area contributed by atoms with Crippen molar-refractivity contribution in [1.82, 2.24) is 4.98 Å². The van der Waals surface area contributed by atoms with E-state index in [1.54, 1.807) is 0 Å². The van der Waals surface area contributed by atoms with Crippen LogP contribution in [0.5, 0.6) is 0 Å². The lowest BCUT2D eigenvalue weighted by atomic mass is 9.76. The van der Waals surface area contributed by atoms with Gasteiger partial charge in [-0.1, -0.05) is 37.1 Å². The number of aryl methyl sites for hydroxylation is 1. The van der Waals surface area contributed by atoms with Crippen LogP contribution in [0.25, 0.3) is 22.0 Å². The molecule has 0 spiro atoms. The average molecular weight is 344 g/mol. The summed E-state index contributed by atoms with van der Waals surface area (Å²) in [7, 11) is 0. The van der Waals surface area contributed by atoms with Gasteiger partial charge in [0, 0.05) is 34.3 Å². The molecule has 1 aliphatic rings. The number of para-hydroxylation sites is 1. The second-order valence-corrected chi connectivity index (χ2v) is 7.87. The van der Waals surface area contributed by atoms with Gasteiger partial charge in [0.25, 0.3) is 0 Å². The van der Waals surface area contributed by atoms with E-state index >= 15 is 0 Å². The van der Waals surface area contributed by atoms with Gasteiger partial charge >= 0.3 is 0 Å².